The van der Waals surface area contributed by atoms with Crippen LogP contribution in [-0.4, -0.2) is 18.5 Å². The normalized spacial score (nSPS) is 11.8. The minimum absolute atomic E-state index is 0.0666. The third-order valence-electron chi connectivity index (χ3n) is 7.40. The van der Waals surface area contributed by atoms with Gasteiger partial charge >= 0.3 is 0 Å². The molecule has 0 aliphatic heterocycles. The van der Waals surface area contributed by atoms with Crippen molar-refractivity contribution in [2.45, 2.75) is 173 Å². The molecule has 0 aliphatic rings. The molecule has 0 unspecified atom stereocenters. The smallest absolute Gasteiger partial charge is 0.294 e. The molecule has 1 aromatic carbocycles. The van der Waals surface area contributed by atoms with Gasteiger partial charge in [-0.1, -0.05) is 154 Å². The zero-order valence-electron chi connectivity index (χ0n) is 24.9. The molecule has 218 valence electrons. The van der Waals surface area contributed by atoms with Gasteiger partial charge in [0.2, 0.25) is 0 Å². The summed E-state index contributed by atoms with van der Waals surface area (Å²) in [5, 5.41) is 0. The van der Waals surface area contributed by atoms with Crippen molar-refractivity contribution in [3.05, 3.63) is 29.8 Å². The summed E-state index contributed by atoms with van der Waals surface area (Å²) >= 11 is 0. The molecule has 0 spiro atoms. The Bertz CT molecular complexity index is 690. The van der Waals surface area contributed by atoms with Crippen molar-refractivity contribution in [1.29, 1.82) is 0 Å². The Hall–Kier alpha value is -0.910. The van der Waals surface area contributed by atoms with E-state index in [9.17, 15) is 8.42 Å². The fourth-order valence-electron chi connectivity index (χ4n) is 4.86. The molecule has 0 bridgehead atoms. The highest BCUT2D eigenvalue weighted by Gasteiger charge is 2.23. The average molecular weight is 540 g/mol. The van der Waals surface area contributed by atoms with E-state index in [1.165, 1.54) is 147 Å². The quantitative estimate of drug-likeness (QED) is 0.113. The molecule has 4 nitrogen and oxygen atoms in total. The molecule has 0 aromatic heterocycles. The number of aryl methyl sites for hydroxylation is 1. The molecule has 0 heterocycles. The van der Waals surface area contributed by atoms with Crippen LogP contribution in [0, 0.1) is 6.92 Å². The Balaban J connectivity index is 0.000000970. The van der Waals surface area contributed by atoms with Gasteiger partial charge in [-0.15, -0.1) is 0 Å². The fraction of sp³-hybridized carbons (Fsp3) is 0.812. The topological polar surface area (TPSA) is 80.4 Å². The van der Waals surface area contributed by atoms with E-state index in [0.29, 0.717) is 0 Å². The first kappa shape index (κ1) is 36.1. The maximum Gasteiger partial charge on any atom is 0.294 e. The second-order valence-electron chi connectivity index (χ2n) is 11.2. The summed E-state index contributed by atoms with van der Waals surface area (Å²) in [5.41, 5.74) is 8.02. The van der Waals surface area contributed by atoms with Crippen molar-refractivity contribution < 1.29 is 13.0 Å². The second kappa shape index (κ2) is 23.0. The summed E-state index contributed by atoms with van der Waals surface area (Å²) in [6, 6.07) is 5.99. The van der Waals surface area contributed by atoms with Crippen LogP contribution >= 0.6 is 0 Å². The van der Waals surface area contributed by atoms with Crippen molar-refractivity contribution in [1.82, 2.24) is 0 Å². The Morgan fingerprint density at radius 3 is 1.19 bits per heavy atom. The van der Waals surface area contributed by atoms with Gasteiger partial charge in [0, 0.05) is 5.54 Å². The van der Waals surface area contributed by atoms with Gasteiger partial charge in [0.1, 0.15) is 0 Å². The average Bonchev–Trinajstić information content (AvgIpc) is 2.86. The van der Waals surface area contributed by atoms with Gasteiger partial charge in [0.05, 0.1) is 4.90 Å². The zero-order valence-corrected chi connectivity index (χ0v) is 25.7. The van der Waals surface area contributed by atoms with Crippen LogP contribution in [0.4, 0.5) is 0 Å². The molecule has 1 aromatic rings. The van der Waals surface area contributed by atoms with Crippen molar-refractivity contribution >= 4 is 10.1 Å². The molecular weight excluding hydrogens is 478 g/mol. The molecule has 0 saturated carbocycles. The molecule has 0 aliphatic carbocycles. The Morgan fingerprint density at radius 1 is 0.595 bits per heavy atom. The SMILES string of the molecule is CCCCCCCCC(N)(CCCCCCCC)CCCCCCCC.Cc1ccc(S(=O)(=O)O)cc1. The predicted octanol–water partition coefficient (Wildman–Crippen LogP) is 10.2. The van der Waals surface area contributed by atoms with Crippen molar-refractivity contribution in [3.63, 3.8) is 0 Å². The van der Waals surface area contributed by atoms with Gasteiger partial charge in [0.25, 0.3) is 10.1 Å². The highest BCUT2D eigenvalue weighted by molar-refractivity contribution is 7.85. The Kier molecular flexibility index (Phi) is 22.5. The predicted molar refractivity (Wildman–Crippen MR) is 162 cm³/mol. The van der Waals surface area contributed by atoms with Crippen molar-refractivity contribution in [2.75, 3.05) is 0 Å². The van der Waals surface area contributed by atoms with Crippen molar-refractivity contribution in [3.8, 4) is 0 Å². The molecule has 0 atom stereocenters. The van der Waals surface area contributed by atoms with E-state index < -0.39 is 10.1 Å². The maximum atomic E-state index is 10.5. The molecule has 3 N–H and O–H groups in total. The summed E-state index contributed by atoms with van der Waals surface area (Å²) < 4.78 is 29.6. The Labute approximate surface area is 231 Å². The molecular formula is C32H61NO3S. The highest BCUT2D eigenvalue weighted by atomic mass is 32.2. The van der Waals surface area contributed by atoms with Gasteiger partial charge < -0.3 is 5.73 Å². The van der Waals surface area contributed by atoms with Crippen LogP contribution < -0.4 is 5.73 Å². The molecule has 0 fully saturated rings. The first-order valence-corrected chi connectivity index (χ1v) is 17.0. The molecule has 0 amide bonds. The van der Waals surface area contributed by atoms with Crippen LogP contribution in [0.5, 0.6) is 0 Å². The van der Waals surface area contributed by atoms with Crippen LogP contribution in [0.2, 0.25) is 0 Å². The first-order chi connectivity index (χ1) is 17.7. The number of hydrogen-bond donors (Lipinski definition) is 2. The van der Waals surface area contributed by atoms with E-state index in [0.717, 1.165) is 5.56 Å². The van der Waals surface area contributed by atoms with Gasteiger partial charge in [-0.3, -0.25) is 4.55 Å². The monoisotopic (exact) mass is 539 g/mol. The highest BCUT2D eigenvalue weighted by Crippen LogP contribution is 2.27. The van der Waals surface area contributed by atoms with E-state index in [4.69, 9.17) is 10.3 Å². The van der Waals surface area contributed by atoms with Gasteiger partial charge in [-0.05, 0) is 38.3 Å². The third kappa shape index (κ3) is 21.7. The largest absolute Gasteiger partial charge is 0.325 e. The summed E-state index contributed by atoms with van der Waals surface area (Å²) in [5.74, 6) is 0. The van der Waals surface area contributed by atoms with Gasteiger partial charge in [-0.2, -0.15) is 8.42 Å². The maximum absolute atomic E-state index is 10.5. The molecule has 37 heavy (non-hydrogen) atoms. The summed E-state index contributed by atoms with van der Waals surface area (Å²) in [7, 11) is -4.02. The van der Waals surface area contributed by atoms with E-state index in [-0.39, 0.29) is 10.4 Å². The third-order valence-corrected chi connectivity index (χ3v) is 8.27. The van der Waals surface area contributed by atoms with Crippen LogP contribution in [0.1, 0.15) is 161 Å². The lowest BCUT2D eigenvalue weighted by molar-refractivity contribution is 0.302. The van der Waals surface area contributed by atoms with E-state index >= 15 is 0 Å². The zero-order chi connectivity index (χ0) is 27.8. The standard InChI is InChI=1S/C25H53N.C7H8O3S/c1-4-7-10-13-16-19-22-25(26,23-20-17-14-11-8-5-2)24-21-18-15-12-9-6-3;1-6-2-4-7(5-3-6)11(8,9)10/h4-24,26H2,1-3H3;2-5H,1H3,(H,8,9,10). The van der Waals surface area contributed by atoms with Crippen LogP contribution in [-0.2, 0) is 10.1 Å². The number of rotatable bonds is 22. The molecule has 0 radical (unpaired) electrons. The fourth-order valence-corrected chi connectivity index (χ4v) is 5.34. The lowest BCUT2D eigenvalue weighted by Crippen LogP contribution is -2.39. The van der Waals surface area contributed by atoms with E-state index in [1.54, 1.807) is 12.1 Å². The lowest BCUT2D eigenvalue weighted by Gasteiger charge is -2.30. The summed E-state index contributed by atoms with van der Waals surface area (Å²) in [6.45, 7) is 8.73. The number of benzene rings is 1. The van der Waals surface area contributed by atoms with Crippen molar-refractivity contribution in [2.24, 2.45) is 5.73 Å². The summed E-state index contributed by atoms with van der Waals surface area (Å²) in [6.07, 6.45) is 28.8. The molecule has 1 rings (SSSR count). The number of unbranched alkanes of at least 4 members (excludes halogenated alkanes) is 15. The second-order valence-corrected chi connectivity index (χ2v) is 12.6. The van der Waals surface area contributed by atoms with Gasteiger partial charge in [-0.25, -0.2) is 0 Å². The molecule has 5 heteroatoms. The lowest BCUT2D eigenvalue weighted by atomic mass is 9.82. The van der Waals surface area contributed by atoms with Crippen LogP contribution in [0.15, 0.2) is 29.2 Å². The van der Waals surface area contributed by atoms with Crippen LogP contribution in [0.3, 0.4) is 0 Å². The van der Waals surface area contributed by atoms with E-state index in [1.807, 2.05) is 6.92 Å². The number of hydrogen-bond acceptors (Lipinski definition) is 3. The minimum Gasteiger partial charge on any atom is -0.325 e. The van der Waals surface area contributed by atoms with E-state index in [2.05, 4.69) is 20.8 Å². The van der Waals surface area contributed by atoms with Crippen LogP contribution in [0.25, 0.3) is 0 Å². The number of nitrogens with two attached hydrogens (primary N) is 1. The Morgan fingerprint density at radius 2 is 0.892 bits per heavy atom. The summed E-state index contributed by atoms with van der Waals surface area (Å²) in [4.78, 5) is -0.0666. The minimum atomic E-state index is -4.02. The first-order valence-electron chi connectivity index (χ1n) is 15.5. The molecule has 0 saturated heterocycles. The van der Waals surface area contributed by atoms with Gasteiger partial charge in [0.15, 0.2) is 0 Å².